The van der Waals surface area contributed by atoms with Crippen LogP contribution in [-0.4, -0.2) is 48.7 Å². The second kappa shape index (κ2) is 16.8. The number of hydrogen-bond donors (Lipinski definition) is 2. The molecule has 0 saturated heterocycles. The molecular weight excluding hydrogens is 276 g/mol. The van der Waals surface area contributed by atoms with Gasteiger partial charge in [0.1, 0.15) is 0 Å². The summed E-state index contributed by atoms with van der Waals surface area (Å²) in [4.78, 5) is 12.6. The van der Waals surface area contributed by atoms with Crippen molar-refractivity contribution in [1.82, 2.24) is 10.2 Å². The van der Waals surface area contributed by atoms with Gasteiger partial charge in [-0.05, 0) is 19.5 Å². The fourth-order valence-electron chi connectivity index (χ4n) is 2.64. The molecule has 132 valence electrons. The second-order valence-electron chi connectivity index (χ2n) is 6.19. The van der Waals surface area contributed by atoms with Gasteiger partial charge in [0.05, 0.1) is 6.54 Å². The van der Waals surface area contributed by atoms with Gasteiger partial charge >= 0.3 is 5.97 Å². The van der Waals surface area contributed by atoms with Gasteiger partial charge in [0, 0.05) is 13.1 Å². The molecule has 0 heterocycles. The van der Waals surface area contributed by atoms with Crippen molar-refractivity contribution in [3.63, 3.8) is 0 Å². The average molecular weight is 315 g/mol. The molecule has 0 unspecified atom stereocenters. The molecule has 0 aromatic heterocycles. The zero-order valence-corrected chi connectivity index (χ0v) is 14.9. The van der Waals surface area contributed by atoms with E-state index in [1.807, 2.05) is 11.8 Å². The molecule has 0 aliphatic rings. The van der Waals surface area contributed by atoms with Crippen molar-refractivity contribution in [2.75, 3.05) is 32.7 Å². The Kier molecular flexibility index (Phi) is 16.3. The molecule has 0 aliphatic heterocycles. The topological polar surface area (TPSA) is 52.6 Å². The summed E-state index contributed by atoms with van der Waals surface area (Å²) in [5.74, 6) is -0.739. The van der Waals surface area contributed by atoms with Crippen molar-refractivity contribution < 1.29 is 9.90 Å². The van der Waals surface area contributed by atoms with Gasteiger partial charge in [-0.2, -0.15) is 0 Å². The maximum Gasteiger partial charge on any atom is 0.317 e. The predicted molar refractivity (Wildman–Crippen MR) is 94.5 cm³/mol. The lowest BCUT2D eigenvalue weighted by atomic mass is 10.1. The number of nitrogens with one attached hydrogen (secondary N) is 1. The predicted octanol–water partition coefficient (Wildman–Crippen LogP) is 3.90. The smallest absolute Gasteiger partial charge is 0.317 e. The Morgan fingerprint density at radius 3 is 1.91 bits per heavy atom. The molecule has 0 aliphatic carbocycles. The fourth-order valence-corrected chi connectivity index (χ4v) is 2.64. The van der Waals surface area contributed by atoms with Gasteiger partial charge < -0.3 is 10.4 Å². The van der Waals surface area contributed by atoms with E-state index in [0.717, 1.165) is 26.2 Å². The normalized spacial score (nSPS) is 11.2. The van der Waals surface area contributed by atoms with Crippen molar-refractivity contribution in [2.45, 2.75) is 78.1 Å². The van der Waals surface area contributed by atoms with Crippen LogP contribution < -0.4 is 5.32 Å². The molecule has 0 spiro atoms. The standard InChI is InChI=1S/C18H38N2O2/c1-3-5-6-7-8-9-10-11-12-13-14-19-15-16-20(4-2)17-18(21)22/h19H,3-17H2,1-2H3,(H,21,22). The highest BCUT2D eigenvalue weighted by atomic mass is 16.4. The third kappa shape index (κ3) is 15.8. The van der Waals surface area contributed by atoms with E-state index in [9.17, 15) is 4.79 Å². The fraction of sp³-hybridized carbons (Fsp3) is 0.944. The summed E-state index contributed by atoms with van der Waals surface area (Å²) in [5, 5.41) is 12.2. The van der Waals surface area contributed by atoms with Crippen LogP contribution in [0.1, 0.15) is 78.1 Å². The van der Waals surface area contributed by atoms with Crippen molar-refractivity contribution in [1.29, 1.82) is 0 Å². The Morgan fingerprint density at radius 1 is 0.864 bits per heavy atom. The summed E-state index contributed by atoms with van der Waals surface area (Å²) in [5.41, 5.74) is 0. The summed E-state index contributed by atoms with van der Waals surface area (Å²) in [6.45, 7) is 7.98. The van der Waals surface area contributed by atoms with Crippen molar-refractivity contribution in [2.24, 2.45) is 0 Å². The highest BCUT2D eigenvalue weighted by molar-refractivity contribution is 5.69. The van der Waals surface area contributed by atoms with Gasteiger partial charge in [0.25, 0.3) is 0 Å². The summed E-state index contributed by atoms with van der Waals surface area (Å²) in [6.07, 6.45) is 13.7. The van der Waals surface area contributed by atoms with Crippen LogP contribution in [0.5, 0.6) is 0 Å². The zero-order valence-electron chi connectivity index (χ0n) is 14.9. The monoisotopic (exact) mass is 314 g/mol. The van der Waals surface area contributed by atoms with Gasteiger partial charge in [0.2, 0.25) is 0 Å². The van der Waals surface area contributed by atoms with E-state index in [1.54, 1.807) is 0 Å². The first-order chi connectivity index (χ1) is 10.7. The Bertz CT molecular complexity index is 247. The molecule has 22 heavy (non-hydrogen) atoms. The van der Waals surface area contributed by atoms with Gasteiger partial charge in [-0.1, -0.05) is 71.6 Å². The molecule has 4 nitrogen and oxygen atoms in total. The first kappa shape index (κ1) is 21.4. The lowest BCUT2D eigenvalue weighted by molar-refractivity contribution is -0.138. The highest BCUT2D eigenvalue weighted by Gasteiger charge is 2.05. The Morgan fingerprint density at radius 2 is 1.41 bits per heavy atom. The molecule has 0 rings (SSSR count). The largest absolute Gasteiger partial charge is 0.480 e. The summed E-state index contributed by atoms with van der Waals surface area (Å²) in [6, 6.07) is 0. The van der Waals surface area contributed by atoms with Gasteiger partial charge in [-0.3, -0.25) is 9.69 Å². The van der Waals surface area contributed by atoms with E-state index in [-0.39, 0.29) is 6.54 Å². The summed E-state index contributed by atoms with van der Waals surface area (Å²) in [7, 11) is 0. The Labute approximate surface area is 137 Å². The lowest BCUT2D eigenvalue weighted by Gasteiger charge is -2.17. The zero-order chi connectivity index (χ0) is 16.5. The minimum atomic E-state index is -0.739. The first-order valence-corrected chi connectivity index (χ1v) is 9.35. The Hall–Kier alpha value is -0.610. The number of carboxylic acids is 1. The molecule has 0 amide bonds. The molecular formula is C18H38N2O2. The molecule has 2 N–H and O–H groups in total. The molecule has 0 radical (unpaired) electrons. The van der Waals surface area contributed by atoms with Crippen LogP contribution in [0.25, 0.3) is 0 Å². The van der Waals surface area contributed by atoms with Crippen LogP contribution in [0.15, 0.2) is 0 Å². The maximum absolute atomic E-state index is 10.6. The molecule has 0 bridgehead atoms. The number of aliphatic carboxylic acids is 1. The summed E-state index contributed by atoms with van der Waals surface area (Å²) < 4.78 is 0. The van der Waals surface area contributed by atoms with Crippen molar-refractivity contribution in [3.8, 4) is 0 Å². The second-order valence-corrected chi connectivity index (χ2v) is 6.19. The molecule has 0 aromatic carbocycles. The molecule has 0 fully saturated rings. The number of carboxylic acid groups (broad SMARTS) is 1. The lowest BCUT2D eigenvalue weighted by Crippen LogP contribution is -2.35. The van der Waals surface area contributed by atoms with Crippen LogP contribution in [-0.2, 0) is 4.79 Å². The molecule has 0 saturated carbocycles. The number of nitrogens with zero attached hydrogens (tertiary/aromatic N) is 1. The van der Waals surface area contributed by atoms with E-state index in [2.05, 4.69) is 12.2 Å². The minimum Gasteiger partial charge on any atom is -0.480 e. The van der Waals surface area contributed by atoms with Gasteiger partial charge in [0.15, 0.2) is 0 Å². The maximum atomic E-state index is 10.6. The molecule has 0 atom stereocenters. The number of likely N-dealkylation sites (N-methyl/N-ethyl adjacent to an activating group) is 1. The number of unbranched alkanes of at least 4 members (excludes halogenated alkanes) is 9. The highest BCUT2D eigenvalue weighted by Crippen LogP contribution is 2.10. The van der Waals surface area contributed by atoms with Crippen LogP contribution in [0, 0.1) is 0 Å². The molecule has 4 heteroatoms. The first-order valence-electron chi connectivity index (χ1n) is 9.35. The van der Waals surface area contributed by atoms with Gasteiger partial charge in [-0.25, -0.2) is 0 Å². The minimum absolute atomic E-state index is 0.149. The van der Waals surface area contributed by atoms with Crippen LogP contribution in [0.3, 0.4) is 0 Å². The van der Waals surface area contributed by atoms with Gasteiger partial charge in [-0.15, -0.1) is 0 Å². The third-order valence-electron chi connectivity index (χ3n) is 4.12. The van der Waals surface area contributed by atoms with Crippen molar-refractivity contribution in [3.05, 3.63) is 0 Å². The number of carbonyl (C=O) groups is 1. The molecule has 0 aromatic rings. The Balaban J connectivity index is 3.18. The van der Waals surface area contributed by atoms with E-state index >= 15 is 0 Å². The van der Waals surface area contributed by atoms with Crippen molar-refractivity contribution >= 4 is 5.97 Å². The summed E-state index contributed by atoms with van der Waals surface area (Å²) >= 11 is 0. The van der Waals surface area contributed by atoms with E-state index in [0.29, 0.717) is 0 Å². The quantitative estimate of drug-likeness (QED) is 0.400. The number of rotatable bonds is 17. The third-order valence-corrected chi connectivity index (χ3v) is 4.12. The number of hydrogen-bond acceptors (Lipinski definition) is 3. The SMILES string of the molecule is CCCCCCCCCCCCNCCN(CC)CC(=O)O. The van der Waals surface area contributed by atoms with E-state index < -0.39 is 5.97 Å². The van der Waals surface area contributed by atoms with E-state index in [4.69, 9.17) is 5.11 Å². The van der Waals surface area contributed by atoms with Crippen LogP contribution >= 0.6 is 0 Å². The van der Waals surface area contributed by atoms with Crippen LogP contribution in [0.2, 0.25) is 0 Å². The van der Waals surface area contributed by atoms with E-state index in [1.165, 1.54) is 64.2 Å². The average Bonchev–Trinajstić information content (AvgIpc) is 2.50. The van der Waals surface area contributed by atoms with Crippen LogP contribution in [0.4, 0.5) is 0 Å².